The van der Waals surface area contributed by atoms with E-state index in [-0.39, 0.29) is 23.5 Å². The van der Waals surface area contributed by atoms with Gasteiger partial charge in [0.2, 0.25) is 11.8 Å². The van der Waals surface area contributed by atoms with Gasteiger partial charge in [0, 0.05) is 51.7 Å². The van der Waals surface area contributed by atoms with Crippen molar-refractivity contribution < 1.29 is 14.0 Å². The van der Waals surface area contributed by atoms with Gasteiger partial charge in [-0.15, -0.1) is 0 Å². The number of carbonyl (C=O) groups excluding carboxylic acids is 2. The Morgan fingerprint density at radius 1 is 0.828 bits per heavy atom. The minimum Gasteiger partial charge on any atom is -0.339 e. The Hall–Kier alpha value is -1.99. The van der Waals surface area contributed by atoms with E-state index >= 15 is 0 Å². The summed E-state index contributed by atoms with van der Waals surface area (Å²) in [5.74, 6) is 0.514. The molecule has 0 unspecified atom stereocenters. The van der Waals surface area contributed by atoms with Crippen molar-refractivity contribution in [3.8, 4) is 0 Å². The Balaban J connectivity index is 1.20. The van der Waals surface area contributed by atoms with Crippen molar-refractivity contribution >= 4 is 11.8 Å². The van der Waals surface area contributed by atoms with Crippen LogP contribution in [0.25, 0.3) is 0 Å². The summed E-state index contributed by atoms with van der Waals surface area (Å²) in [6.07, 6.45) is 3.09. The minimum absolute atomic E-state index is 0.176. The van der Waals surface area contributed by atoms with Gasteiger partial charge in [-0.2, -0.15) is 0 Å². The van der Waals surface area contributed by atoms with Gasteiger partial charge in [0.15, 0.2) is 0 Å². The van der Waals surface area contributed by atoms with Crippen molar-refractivity contribution in [1.29, 1.82) is 0 Å². The van der Waals surface area contributed by atoms with E-state index in [4.69, 9.17) is 0 Å². The Labute approximate surface area is 172 Å². The molecule has 1 aromatic carbocycles. The summed E-state index contributed by atoms with van der Waals surface area (Å²) in [6.45, 7) is 7.62. The van der Waals surface area contributed by atoms with Crippen LogP contribution in [-0.4, -0.2) is 90.3 Å². The quantitative estimate of drug-likeness (QED) is 0.747. The third-order valence-electron chi connectivity index (χ3n) is 6.23. The molecular formula is C22H31FN4O2. The number of hydrogen-bond donors (Lipinski definition) is 0. The second-order valence-corrected chi connectivity index (χ2v) is 8.51. The van der Waals surface area contributed by atoms with Crippen LogP contribution in [-0.2, 0) is 16.1 Å². The number of benzene rings is 1. The molecule has 2 heterocycles. The molecule has 4 rings (SSSR count). The third kappa shape index (κ3) is 5.54. The molecule has 1 aliphatic carbocycles. The normalized spacial score (nSPS) is 21.8. The Kier molecular flexibility index (Phi) is 6.45. The van der Waals surface area contributed by atoms with Gasteiger partial charge < -0.3 is 9.80 Å². The van der Waals surface area contributed by atoms with Gasteiger partial charge >= 0.3 is 0 Å². The molecule has 0 radical (unpaired) electrons. The van der Waals surface area contributed by atoms with Crippen molar-refractivity contribution in [2.45, 2.75) is 25.8 Å². The highest BCUT2D eigenvalue weighted by Crippen LogP contribution is 2.31. The molecule has 1 saturated carbocycles. The molecule has 7 heteroatoms. The van der Waals surface area contributed by atoms with E-state index < -0.39 is 0 Å². The fourth-order valence-electron chi connectivity index (χ4n) is 4.24. The van der Waals surface area contributed by atoms with Crippen molar-refractivity contribution in [1.82, 2.24) is 19.6 Å². The number of amides is 2. The lowest BCUT2D eigenvalue weighted by Crippen LogP contribution is -2.53. The second-order valence-electron chi connectivity index (χ2n) is 8.51. The van der Waals surface area contributed by atoms with E-state index in [1.807, 2.05) is 21.9 Å². The number of halogens is 1. The third-order valence-corrected chi connectivity index (χ3v) is 6.23. The zero-order valence-electron chi connectivity index (χ0n) is 17.1. The van der Waals surface area contributed by atoms with Gasteiger partial charge in [-0.3, -0.25) is 19.4 Å². The van der Waals surface area contributed by atoms with Gasteiger partial charge in [0.1, 0.15) is 5.82 Å². The number of rotatable bonds is 5. The van der Waals surface area contributed by atoms with E-state index in [9.17, 15) is 14.0 Å². The summed E-state index contributed by atoms with van der Waals surface area (Å²) in [5.41, 5.74) is 1.12. The lowest BCUT2D eigenvalue weighted by Gasteiger charge is -2.36. The fraction of sp³-hybridized carbons (Fsp3) is 0.636. The predicted octanol–water partition coefficient (Wildman–Crippen LogP) is 1.41. The molecule has 0 aromatic heterocycles. The number of piperazine rings is 1. The van der Waals surface area contributed by atoms with Crippen LogP contribution in [0.2, 0.25) is 0 Å². The molecule has 0 bridgehead atoms. The molecule has 0 spiro atoms. The molecule has 2 saturated heterocycles. The number of nitrogens with zero attached hydrogens (tertiary/aromatic N) is 4. The molecule has 6 nitrogen and oxygen atoms in total. The SMILES string of the molecule is O=C(CN1CCCN(Cc2ccc(F)cc2)CC1)N1CCN(C(=O)C2CC2)CC1. The highest BCUT2D eigenvalue weighted by Gasteiger charge is 2.35. The highest BCUT2D eigenvalue weighted by atomic mass is 19.1. The van der Waals surface area contributed by atoms with Gasteiger partial charge in [-0.05, 0) is 50.0 Å². The maximum Gasteiger partial charge on any atom is 0.236 e. The molecule has 2 aliphatic heterocycles. The molecule has 0 atom stereocenters. The average molecular weight is 403 g/mol. The zero-order chi connectivity index (χ0) is 20.2. The maximum atomic E-state index is 13.1. The number of carbonyl (C=O) groups is 2. The first kappa shape index (κ1) is 20.3. The van der Waals surface area contributed by atoms with Crippen LogP contribution in [0.5, 0.6) is 0 Å². The van der Waals surface area contributed by atoms with Crippen molar-refractivity contribution in [2.75, 3.05) is 58.9 Å². The van der Waals surface area contributed by atoms with Crippen molar-refractivity contribution in [3.05, 3.63) is 35.6 Å². The summed E-state index contributed by atoms with van der Waals surface area (Å²) < 4.78 is 13.1. The van der Waals surface area contributed by atoms with Crippen molar-refractivity contribution in [2.24, 2.45) is 5.92 Å². The minimum atomic E-state index is -0.202. The summed E-state index contributed by atoms with van der Waals surface area (Å²) in [7, 11) is 0. The summed E-state index contributed by atoms with van der Waals surface area (Å²) in [6, 6.07) is 6.70. The van der Waals surface area contributed by atoms with Gasteiger partial charge in [0.25, 0.3) is 0 Å². The monoisotopic (exact) mass is 402 g/mol. The lowest BCUT2D eigenvalue weighted by molar-refractivity contribution is -0.140. The van der Waals surface area contributed by atoms with Gasteiger partial charge in [0.05, 0.1) is 6.54 Å². The predicted molar refractivity (Wildman–Crippen MR) is 109 cm³/mol. The van der Waals surface area contributed by atoms with Crippen LogP contribution in [0, 0.1) is 11.7 Å². The zero-order valence-corrected chi connectivity index (χ0v) is 17.1. The van der Waals surface area contributed by atoms with Crippen LogP contribution in [0.15, 0.2) is 24.3 Å². The van der Waals surface area contributed by atoms with E-state index in [1.165, 1.54) is 12.1 Å². The molecule has 29 heavy (non-hydrogen) atoms. The summed E-state index contributed by atoms with van der Waals surface area (Å²) >= 11 is 0. The Morgan fingerprint density at radius 2 is 1.45 bits per heavy atom. The van der Waals surface area contributed by atoms with Gasteiger partial charge in [-0.25, -0.2) is 4.39 Å². The van der Waals surface area contributed by atoms with E-state index in [0.29, 0.717) is 32.7 Å². The molecule has 1 aromatic rings. The molecular weight excluding hydrogens is 371 g/mol. The van der Waals surface area contributed by atoms with E-state index in [0.717, 1.165) is 57.5 Å². The summed E-state index contributed by atoms with van der Waals surface area (Å²) in [4.78, 5) is 33.4. The largest absolute Gasteiger partial charge is 0.339 e. The first-order valence-electron chi connectivity index (χ1n) is 10.8. The van der Waals surface area contributed by atoms with Crippen LogP contribution in [0.4, 0.5) is 4.39 Å². The maximum absolute atomic E-state index is 13.1. The van der Waals surface area contributed by atoms with Crippen LogP contribution >= 0.6 is 0 Å². The summed E-state index contributed by atoms with van der Waals surface area (Å²) in [5, 5.41) is 0. The van der Waals surface area contributed by atoms with E-state index in [2.05, 4.69) is 9.80 Å². The number of hydrogen-bond acceptors (Lipinski definition) is 4. The second kappa shape index (κ2) is 9.22. The first-order valence-corrected chi connectivity index (χ1v) is 10.8. The standard InChI is InChI=1S/C22H31FN4O2/c23-20-6-2-18(3-7-20)16-24-8-1-9-25(11-10-24)17-21(28)26-12-14-27(15-13-26)22(29)19-4-5-19/h2-3,6-7,19H,1,4-5,8-17H2. The van der Waals surface area contributed by atoms with Crippen molar-refractivity contribution in [3.63, 3.8) is 0 Å². The lowest BCUT2D eigenvalue weighted by atomic mass is 10.2. The Morgan fingerprint density at radius 3 is 2.14 bits per heavy atom. The molecule has 3 fully saturated rings. The van der Waals surface area contributed by atoms with E-state index in [1.54, 1.807) is 0 Å². The molecule has 2 amide bonds. The topological polar surface area (TPSA) is 47.1 Å². The molecule has 0 N–H and O–H groups in total. The molecule has 158 valence electrons. The highest BCUT2D eigenvalue weighted by molar-refractivity contribution is 5.82. The van der Waals surface area contributed by atoms with Crippen LogP contribution in [0.3, 0.4) is 0 Å². The average Bonchev–Trinajstić information content (AvgIpc) is 3.58. The Bertz CT molecular complexity index is 714. The molecule has 3 aliphatic rings. The fourth-order valence-corrected chi connectivity index (χ4v) is 4.24. The van der Waals surface area contributed by atoms with Crippen LogP contribution in [0.1, 0.15) is 24.8 Å². The van der Waals surface area contributed by atoms with Gasteiger partial charge in [-0.1, -0.05) is 12.1 Å². The first-order chi connectivity index (χ1) is 14.1. The van der Waals surface area contributed by atoms with Crippen LogP contribution < -0.4 is 0 Å². The smallest absolute Gasteiger partial charge is 0.236 e.